The third-order valence-electron chi connectivity index (χ3n) is 3.10. The second-order valence-corrected chi connectivity index (χ2v) is 4.91. The summed E-state index contributed by atoms with van der Waals surface area (Å²) in [5.74, 6) is 0.0715. The topological polar surface area (TPSA) is 83.3 Å². The van der Waals surface area contributed by atoms with E-state index in [9.17, 15) is 4.79 Å². The number of anilines is 1. The quantitative estimate of drug-likeness (QED) is 0.867. The number of hydrogen-bond acceptors (Lipinski definition) is 4. The summed E-state index contributed by atoms with van der Waals surface area (Å²) in [7, 11) is 0. The van der Waals surface area contributed by atoms with E-state index in [1.807, 2.05) is 13.8 Å². The Morgan fingerprint density at radius 3 is 2.85 bits per heavy atom. The molecule has 1 amide bonds. The molecule has 104 valence electrons. The van der Waals surface area contributed by atoms with Gasteiger partial charge in [0.25, 0.3) is 5.91 Å². The Kier molecular flexibility index (Phi) is 3.94. The number of hydrogen-bond donors (Lipinski definition) is 1. The Morgan fingerprint density at radius 2 is 2.20 bits per heavy atom. The van der Waals surface area contributed by atoms with Gasteiger partial charge in [-0.05, 0) is 38.1 Å². The van der Waals surface area contributed by atoms with Crippen LogP contribution in [-0.4, -0.2) is 23.4 Å². The molecule has 0 fully saturated rings. The van der Waals surface area contributed by atoms with Gasteiger partial charge < -0.3 is 15.1 Å². The molecule has 2 rings (SSSR count). The monoisotopic (exact) mass is 271 g/mol. The summed E-state index contributed by atoms with van der Waals surface area (Å²) in [6.07, 6.45) is 0.303. The molecule has 5 heteroatoms. The zero-order chi connectivity index (χ0) is 14.7. The summed E-state index contributed by atoms with van der Waals surface area (Å²) in [6, 6.07) is 9.00. The minimum Gasteiger partial charge on any atom is -0.451 e. The van der Waals surface area contributed by atoms with Crippen molar-refractivity contribution < 1.29 is 9.21 Å². The van der Waals surface area contributed by atoms with Crippen molar-refractivity contribution in [2.24, 2.45) is 0 Å². The van der Waals surface area contributed by atoms with E-state index in [1.165, 1.54) is 0 Å². The molecule has 1 heterocycles. The van der Waals surface area contributed by atoms with E-state index >= 15 is 0 Å². The van der Waals surface area contributed by atoms with Gasteiger partial charge in [-0.3, -0.25) is 4.79 Å². The fourth-order valence-corrected chi connectivity index (χ4v) is 2.07. The maximum Gasteiger partial charge on any atom is 0.289 e. The van der Waals surface area contributed by atoms with Crippen molar-refractivity contribution >= 4 is 22.6 Å². The van der Waals surface area contributed by atoms with Gasteiger partial charge in [-0.25, -0.2) is 0 Å². The van der Waals surface area contributed by atoms with Crippen molar-refractivity contribution in [3.8, 4) is 6.07 Å². The van der Waals surface area contributed by atoms with E-state index in [4.69, 9.17) is 15.4 Å². The van der Waals surface area contributed by atoms with Gasteiger partial charge in [0.1, 0.15) is 5.58 Å². The molecule has 2 N–H and O–H groups in total. The predicted molar refractivity (Wildman–Crippen MR) is 77.0 cm³/mol. The zero-order valence-corrected chi connectivity index (χ0v) is 11.6. The summed E-state index contributed by atoms with van der Waals surface area (Å²) in [6.45, 7) is 4.22. The Labute approximate surface area is 117 Å². The number of nitrogens with two attached hydrogens (primary N) is 1. The number of carbonyl (C=O) groups excluding carboxylic acids is 1. The highest BCUT2D eigenvalue weighted by Gasteiger charge is 2.21. The first-order valence-electron chi connectivity index (χ1n) is 6.50. The van der Waals surface area contributed by atoms with E-state index in [1.54, 1.807) is 29.2 Å². The number of nitrogens with zero attached hydrogens (tertiary/aromatic N) is 2. The molecule has 5 nitrogen and oxygen atoms in total. The Bertz CT molecular complexity index is 667. The molecule has 0 unspecified atom stereocenters. The number of nitrogen functional groups attached to an aromatic ring is 1. The lowest BCUT2D eigenvalue weighted by Gasteiger charge is -2.24. The zero-order valence-electron chi connectivity index (χ0n) is 11.6. The number of rotatable bonds is 4. The van der Waals surface area contributed by atoms with Gasteiger partial charge in [0.2, 0.25) is 0 Å². The fraction of sp³-hybridized carbons (Fsp3) is 0.333. The Morgan fingerprint density at radius 1 is 1.45 bits per heavy atom. The number of amides is 1. The maximum absolute atomic E-state index is 12.4. The molecule has 0 aliphatic heterocycles. The lowest BCUT2D eigenvalue weighted by molar-refractivity contribution is 0.0680. The van der Waals surface area contributed by atoms with Crippen LogP contribution in [0.25, 0.3) is 11.0 Å². The second-order valence-electron chi connectivity index (χ2n) is 4.91. The van der Waals surface area contributed by atoms with Gasteiger partial charge in [0, 0.05) is 23.7 Å². The lowest BCUT2D eigenvalue weighted by Crippen LogP contribution is -2.37. The van der Waals surface area contributed by atoms with Gasteiger partial charge in [0.05, 0.1) is 12.5 Å². The van der Waals surface area contributed by atoms with Crippen LogP contribution in [-0.2, 0) is 0 Å². The summed E-state index contributed by atoms with van der Waals surface area (Å²) in [4.78, 5) is 14.1. The number of nitriles is 1. The van der Waals surface area contributed by atoms with Crippen molar-refractivity contribution in [3.05, 3.63) is 30.0 Å². The lowest BCUT2D eigenvalue weighted by atomic mass is 10.2. The predicted octanol–water partition coefficient (Wildman–Crippen LogP) is 2.78. The van der Waals surface area contributed by atoms with Crippen molar-refractivity contribution in [3.63, 3.8) is 0 Å². The highest BCUT2D eigenvalue weighted by atomic mass is 16.3. The minimum atomic E-state index is -0.204. The van der Waals surface area contributed by atoms with Crippen LogP contribution in [0.1, 0.15) is 30.8 Å². The second kappa shape index (κ2) is 5.66. The molecule has 0 aliphatic carbocycles. The van der Waals surface area contributed by atoms with Crippen molar-refractivity contribution in [2.75, 3.05) is 12.3 Å². The van der Waals surface area contributed by atoms with Crippen molar-refractivity contribution in [1.82, 2.24) is 4.90 Å². The number of fused-ring (bicyclic) bond motifs is 1. The van der Waals surface area contributed by atoms with Gasteiger partial charge in [-0.2, -0.15) is 5.26 Å². The van der Waals surface area contributed by atoms with Crippen LogP contribution in [0.4, 0.5) is 5.69 Å². The minimum absolute atomic E-state index is 0.00846. The highest BCUT2D eigenvalue weighted by molar-refractivity contribution is 5.96. The molecular formula is C15H17N3O2. The largest absolute Gasteiger partial charge is 0.451 e. The van der Waals surface area contributed by atoms with E-state index in [-0.39, 0.29) is 17.7 Å². The third-order valence-corrected chi connectivity index (χ3v) is 3.10. The molecule has 1 aromatic carbocycles. The molecule has 0 aliphatic rings. The van der Waals surface area contributed by atoms with Crippen LogP contribution < -0.4 is 5.73 Å². The average Bonchev–Trinajstić information content (AvgIpc) is 2.81. The first-order valence-corrected chi connectivity index (χ1v) is 6.50. The Hall–Kier alpha value is -2.48. The number of benzene rings is 1. The average molecular weight is 271 g/mol. The van der Waals surface area contributed by atoms with Crippen LogP contribution in [0.15, 0.2) is 28.7 Å². The highest BCUT2D eigenvalue weighted by Crippen LogP contribution is 2.23. The van der Waals surface area contributed by atoms with Crippen molar-refractivity contribution in [2.45, 2.75) is 26.3 Å². The van der Waals surface area contributed by atoms with Gasteiger partial charge in [0.15, 0.2) is 5.76 Å². The first kappa shape index (κ1) is 13.9. The normalized spacial score (nSPS) is 10.7. The van der Waals surface area contributed by atoms with Crippen molar-refractivity contribution in [1.29, 1.82) is 5.26 Å². The molecule has 0 saturated heterocycles. The molecule has 0 saturated carbocycles. The molecule has 1 aromatic heterocycles. The first-order chi connectivity index (χ1) is 9.52. The summed E-state index contributed by atoms with van der Waals surface area (Å²) < 4.78 is 5.57. The van der Waals surface area contributed by atoms with Crippen LogP contribution in [0.2, 0.25) is 0 Å². The molecule has 0 atom stereocenters. The molecule has 0 bridgehead atoms. The van der Waals surface area contributed by atoms with E-state index < -0.39 is 0 Å². The van der Waals surface area contributed by atoms with Crippen LogP contribution in [0.3, 0.4) is 0 Å². The standard InChI is InChI=1S/C15H17N3O2/c1-10(2)18(7-3-6-16)15(19)14-9-11-8-12(17)4-5-13(11)20-14/h4-5,8-10H,3,7,17H2,1-2H3. The maximum atomic E-state index is 12.4. The van der Waals surface area contributed by atoms with Gasteiger partial charge in [-0.15, -0.1) is 0 Å². The van der Waals surface area contributed by atoms with Gasteiger partial charge >= 0.3 is 0 Å². The number of furan rings is 1. The fourth-order valence-electron chi connectivity index (χ4n) is 2.07. The van der Waals surface area contributed by atoms with Gasteiger partial charge in [-0.1, -0.05) is 0 Å². The summed E-state index contributed by atoms with van der Waals surface area (Å²) in [5.41, 5.74) is 6.97. The van der Waals surface area contributed by atoms with E-state index in [0.29, 0.717) is 24.2 Å². The van der Waals surface area contributed by atoms with Crippen LogP contribution >= 0.6 is 0 Å². The smallest absolute Gasteiger partial charge is 0.289 e. The van der Waals surface area contributed by atoms with Crippen LogP contribution in [0, 0.1) is 11.3 Å². The molecular weight excluding hydrogens is 254 g/mol. The van der Waals surface area contributed by atoms with E-state index in [0.717, 1.165) is 5.39 Å². The third kappa shape index (κ3) is 2.75. The molecule has 0 spiro atoms. The molecule has 2 aromatic rings. The number of carbonyl (C=O) groups is 1. The summed E-state index contributed by atoms with van der Waals surface area (Å²) in [5, 5.41) is 9.47. The van der Waals surface area contributed by atoms with Crippen LogP contribution in [0.5, 0.6) is 0 Å². The van der Waals surface area contributed by atoms with E-state index in [2.05, 4.69) is 6.07 Å². The SMILES string of the molecule is CC(C)N(CCC#N)C(=O)c1cc2cc(N)ccc2o1. The Balaban J connectivity index is 2.31. The molecule has 0 radical (unpaired) electrons. The molecule has 20 heavy (non-hydrogen) atoms. The summed E-state index contributed by atoms with van der Waals surface area (Å²) >= 11 is 0.